The largest absolute Gasteiger partial charge is 0.491 e. The lowest BCUT2D eigenvalue weighted by Crippen LogP contribution is -2.05. The number of ether oxygens (including phenoxy) is 1. The fourth-order valence-corrected chi connectivity index (χ4v) is 3.09. The summed E-state index contributed by atoms with van der Waals surface area (Å²) in [6.07, 6.45) is 5.95. The van der Waals surface area contributed by atoms with Crippen LogP contribution >= 0.6 is 12.2 Å². The van der Waals surface area contributed by atoms with Crippen LogP contribution in [0.1, 0.15) is 58.9 Å². The molecule has 0 saturated heterocycles. The van der Waals surface area contributed by atoms with Gasteiger partial charge >= 0.3 is 0 Å². The number of hydrogen-bond donors (Lipinski definition) is 1. The van der Waals surface area contributed by atoms with Crippen LogP contribution < -0.4 is 4.74 Å². The summed E-state index contributed by atoms with van der Waals surface area (Å²) in [5.41, 5.74) is 2.18. The van der Waals surface area contributed by atoms with E-state index in [1.54, 1.807) is 0 Å². The molecule has 0 aliphatic heterocycles. The minimum absolute atomic E-state index is 0.416. The second-order valence-electron chi connectivity index (χ2n) is 5.64. The maximum Gasteiger partial charge on any atom is 0.178 e. The van der Waals surface area contributed by atoms with Gasteiger partial charge in [0.1, 0.15) is 11.3 Å². The molecule has 1 N–H and O–H groups in total. The molecule has 116 valence electrons. The highest BCUT2D eigenvalue weighted by Crippen LogP contribution is 2.29. The normalized spacial score (nSPS) is 12.7. The molecule has 0 fully saturated rings. The molecule has 21 heavy (non-hydrogen) atoms. The zero-order chi connectivity index (χ0) is 15.2. The minimum Gasteiger partial charge on any atom is -0.491 e. The molecule has 0 amide bonds. The lowest BCUT2D eigenvalue weighted by Gasteiger charge is -2.14. The van der Waals surface area contributed by atoms with Gasteiger partial charge in [-0.2, -0.15) is 0 Å². The number of nitrogens with zero attached hydrogens (tertiary/aromatic N) is 1. The highest BCUT2D eigenvalue weighted by Gasteiger charge is 2.13. The quantitative estimate of drug-likeness (QED) is 0.506. The molecule has 0 bridgehead atoms. The highest BCUT2D eigenvalue weighted by molar-refractivity contribution is 7.71. The molecule has 4 heteroatoms. The summed E-state index contributed by atoms with van der Waals surface area (Å²) in [6.45, 7) is 7.33. The number of imidazole rings is 1. The first-order chi connectivity index (χ1) is 10.2. The summed E-state index contributed by atoms with van der Waals surface area (Å²) >= 11 is 5.53. The van der Waals surface area contributed by atoms with Gasteiger partial charge in [0.2, 0.25) is 0 Å². The van der Waals surface area contributed by atoms with Gasteiger partial charge in [-0.15, -0.1) is 0 Å². The van der Waals surface area contributed by atoms with Crippen LogP contribution in [0.3, 0.4) is 0 Å². The molecule has 1 aromatic heterocycles. The van der Waals surface area contributed by atoms with Gasteiger partial charge in [-0.25, -0.2) is 0 Å². The van der Waals surface area contributed by atoms with E-state index < -0.39 is 0 Å². The van der Waals surface area contributed by atoms with Crippen LogP contribution in [0.2, 0.25) is 0 Å². The number of benzene rings is 1. The maximum atomic E-state index is 5.82. The van der Waals surface area contributed by atoms with E-state index in [1.165, 1.54) is 19.3 Å². The number of nitrogens with one attached hydrogen (secondary N) is 1. The lowest BCUT2D eigenvalue weighted by atomic mass is 10.1. The lowest BCUT2D eigenvalue weighted by molar-refractivity contribution is 0.320. The van der Waals surface area contributed by atoms with Gasteiger partial charge in [-0.1, -0.05) is 39.2 Å². The van der Waals surface area contributed by atoms with Gasteiger partial charge < -0.3 is 14.3 Å². The average molecular weight is 306 g/mol. The van der Waals surface area contributed by atoms with Crippen molar-refractivity contribution in [3.8, 4) is 5.75 Å². The Morgan fingerprint density at radius 1 is 1.24 bits per heavy atom. The first-order valence-electron chi connectivity index (χ1n) is 8.05. The molecule has 2 rings (SSSR count). The Bertz CT molecular complexity index is 629. The van der Waals surface area contributed by atoms with Crippen molar-refractivity contribution in [2.45, 2.75) is 58.9 Å². The Labute approximate surface area is 132 Å². The fraction of sp³-hybridized carbons (Fsp3) is 0.588. The third-order valence-electron chi connectivity index (χ3n) is 3.84. The van der Waals surface area contributed by atoms with Crippen molar-refractivity contribution in [2.24, 2.45) is 0 Å². The van der Waals surface area contributed by atoms with Crippen molar-refractivity contribution in [2.75, 3.05) is 6.61 Å². The van der Waals surface area contributed by atoms with Crippen LogP contribution in [-0.4, -0.2) is 16.2 Å². The van der Waals surface area contributed by atoms with Crippen LogP contribution in [-0.2, 0) is 0 Å². The van der Waals surface area contributed by atoms with E-state index in [0.717, 1.165) is 41.0 Å². The van der Waals surface area contributed by atoms with Crippen molar-refractivity contribution in [3.05, 3.63) is 23.0 Å². The molecule has 1 unspecified atom stereocenters. The molecule has 0 aliphatic rings. The molecule has 1 aromatic carbocycles. The van der Waals surface area contributed by atoms with E-state index in [-0.39, 0.29) is 0 Å². The van der Waals surface area contributed by atoms with E-state index in [9.17, 15) is 0 Å². The summed E-state index contributed by atoms with van der Waals surface area (Å²) in [5, 5.41) is 0. The number of aromatic amines is 1. The third kappa shape index (κ3) is 3.67. The molecule has 1 atom stereocenters. The highest BCUT2D eigenvalue weighted by atomic mass is 32.1. The number of para-hydroxylation sites is 1. The van der Waals surface area contributed by atoms with Crippen molar-refractivity contribution < 1.29 is 4.74 Å². The van der Waals surface area contributed by atoms with E-state index in [0.29, 0.717) is 6.04 Å². The summed E-state index contributed by atoms with van der Waals surface area (Å²) in [5.74, 6) is 0.903. The van der Waals surface area contributed by atoms with Gasteiger partial charge in [-0.3, -0.25) is 0 Å². The molecule has 0 spiro atoms. The zero-order valence-corrected chi connectivity index (χ0v) is 14.1. The van der Waals surface area contributed by atoms with E-state index in [2.05, 4.69) is 36.4 Å². The number of H-pyrrole nitrogens is 1. The molecule has 0 saturated carbocycles. The number of rotatable bonds is 8. The first-order valence-corrected chi connectivity index (χ1v) is 8.45. The SMILES string of the molecule is CCCCCC(C)n1c(=S)[nH]c2c(OCCC)cccc21. The van der Waals surface area contributed by atoms with Gasteiger partial charge in [-0.05, 0) is 44.1 Å². The summed E-state index contributed by atoms with van der Waals surface area (Å²) < 4.78 is 8.85. The van der Waals surface area contributed by atoms with Crippen LogP contribution in [0, 0.1) is 4.77 Å². The zero-order valence-electron chi connectivity index (χ0n) is 13.3. The molecular formula is C17H26N2OS. The van der Waals surface area contributed by atoms with Crippen LogP contribution in [0.25, 0.3) is 11.0 Å². The summed E-state index contributed by atoms with van der Waals surface area (Å²) in [7, 11) is 0. The van der Waals surface area contributed by atoms with E-state index in [1.807, 2.05) is 12.1 Å². The second-order valence-corrected chi connectivity index (χ2v) is 6.03. The summed E-state index contributed by atoms with van der Waals surface area (Å²) in [6, 6.07) is 6.59. The van der Waals surface area contributed by atoms with Gasteiger partial charge in [0.15, 0.2) is 4.77 Å². The molecule has 1 heterocycles. The predicted octanol–water partition coefficient (Wildman–Crippen LogP) is 5.63. The van der Waals surface area contributed by atoms with Crippen molar-refractivity contribution in [3.63, 3.8) is 0 Å². The smallest absolute Gasteiger partial charge is 0.178 e. The maximum absolute atomic E-state index is 5.82. The Morgan fingerprint density at radius 2 is 2.05 bits per heavy atom. The monoisotopic (exact) mass is 306 g/mol. The fourth-order valence-electron chi connectivity index (χ4n) is 2.71. The minimum atomic E-state index is 0.416. The third-order valence-corrected chi connectivity index (χ3v) is 4.14. The molecule has 2 aromatic rings. The average Bonchev–Trinajstić information content (AvgIpc) is 2.81. The number of hydrogen-bond acceptors (Lipinski definition) is 2. The van der Waals surface area contributed by atoms with Crippen molar-refractivity contribution in [1.29, 1.82) is 0 Å². The Morgan fingerprint density at radius 3 is 2.76 bits per heavy atom. The Kier molecular flexibility index (Phi) is 5.85. The Balaban J connectivity index is 2.32. The Hall–Kier alpha value is -1.29. The van der Waals surface area contributed by atoms with Gasteiger partial charge in [0, 0.05) is 6.04 Å². The van der Waals surface area contributed by atoms with Gasteiger partial charge in [0.25, 0.3) is 0 Å². The molecule has 0 radical (unpaired) electrons. The standard InChI is InChI=1S/C17H26N2OS/c1-4-6-7-9-13(3)19-14-10-8-11-15(20-12-5-2)16(14)18-17(19)21/h8,10-11,13H,4-7,9,12H2,1-3H3,(H,18,21). The van der Waals surface area contributed by atoms with Crippen LogP contribution in [0.4, 0.5) is 0 Å². The van der Waals surface area contributed by atoms with E-state index >= 15 is 0 Å². The van der Waals surface area contributed by atoms with Crippen molar-refractivity contribution >= 4 is 23.3 Å². The van der Waals surface area contributed by atoms with Gasteiger partial charge in [0.05, 0.1) is 12.1 Å². The second kappa shape index (κ2) is 7.64. The van der Waals surface area contributed by atoms with Crippen LogP contribution in [0.5, 0.6) is 5.75 Å². The van der Waals surface area contributed by atoms with E-state index in [4.69, 9.17) is 17.0 Å². The topological polar surface area (TPSA) is 29.9 Å². The number of unbranched alkanes of at least 4 members (excludes halogenated alkanes) is 2. The predicted molar refractivity (Wildman–Crippen MR) is 91.8 cm³/mol. The number of fused-ring (bicyclic) bond motifs is 1. The summed E-state index contributed by atoms with van der Waals surface area (Å²) in [4.78, 5) is 3.33. The van der Waals surface area contributed by atoms with Crippen LogP contribution in [0.15, 0.2) is 18.2 Å². The molecule has 3 nitrogen and oxygen atoms in total. The first kappa shape index (κ1) is 16.1. The molecule has 0 aliphatic carbocycles. The number of aromatic nitrogens is 2. The van der Waals surface area contributed by atoms with Crippen molar-refractivity contribution in [1.82, 2.24) is 9.55 Å². The molecular weight excluding hydrogens is 280 g/mol.